The third-order valence-corrected chi connectivity index (χ3v) is 6.36. The zero-order valence-corrected chi connectivity index (χ0v) is 18.1. The average Bonchev–Trinajstić information content (AvgIpc) is 2.66. The fraction of sp³-hybridized carbons (Fsp3) is 0.684. The summed E-state index contributed by atoms with van der Waals surface area (Å²) in [5.41, 5.74) is 0. The van der Waals surface area contributed by atoms with E-state index in [2.05, 4.69) is 24.8 Å². The topological polar surface area (TPSA) is 94.6 Å². The molecule has 158 valence electrons. The van der Waals surface area contributed by atoms with Gasteiger partial charge in [-0.1, -0.05) is 13.8 Å². The quantitative estimate of drug-likeness (QED) is 0.634. The summed E-state index contributed by atoms with van der Waals surface area (Å²) >= 11 is 0. The number of hydrogen-bond acceptors (Lipinski definition) is 6. The lowest BCUT2D eigenvalue weighted by atomic mass is 10.2. The highest BCUT2D eigenvalue weighted by molar-refractivity contribution is 7.89. The molecule has 0 spiro atoms. The lowest BCUT2D eigenvalue weighted by Gasteiger charge is -2.35. The van der Waals surface area contributed by atoms with E-state index in [0.717, 1.165) is 44.8 Å². The summed E-state index contributed by atoms with van der Waals surface area (Å²) in [5, 5.41) is 2.91. The van der Waals surface area contributed by atoms with Crippen molar-refractivity contribution in [3.8, 4) is 0 Å². The average molecular weight is 412 g/mol. The number of hydrogen-bond donors (Lipinski definition) is 2. The fourth-order valence-corrected chi connectivity index (χ4v) is 4.51. The smallest absolute Gasteiger partial charge is 0.242 e. The molecule has 28 heavy (non-hydrogen) atoms. The molecule has 0 unspecified atom stereocenters. The Balaban J connectivity index is 1.92. The van der Waals surface area contributed by atoms with Crippen molar-refractivity contribution in [2.45, 2.75) is 57.5 Å². The Morgan fingerprint density at radius 2 is 1.79 bits per heavy atom. The maximum absolute atomic E-state index is 12.5. The van der Waals surface area contributed by atoms with Gasteiger partial charge in [-0.2, -0.15) is 0 Å². The highest BCUT2D eigenvalue weighted by Crippen LogP contribution is 2.17. The molecule has 0 aromatic carbocycles. The van der Waals surface area contributed by atoms with Gasteiger partial charge in [0.1, 0.15) is 10.7 Å². The first-order valence-corrected chi connectivity index (χ1v) is 11.5. The molecule has 0 bridgehead atoms. The highest BCUT2D eigenvalue weighted by Gasteiger charge is 2.22. The number of rotatable bonds is 9. The van der Waals surface area contributed by atoms with Crippen LogP contribution in [0.2, 0.25) is 0 Å². The number of nitrogens with zero attached hydrogens (tertiary/aromatic N) is 3. The van der Waals surface area contributed by atoms with Crippen LogP contribution in [0, 0.1) is 0 Å². The van der Waals surface area contributed by atoms with Crippen molar-refractivity contribution in [1.29, 1.82) is 0 Å². The molecule has 2 N–H and O–H groups in total. The Morgan fingerprint density at radius 1 is 1.14 bits per heavy atom. The zero-order valence-electron chi connectivity index (χ0n) is 17.3. The van der Waals surface area contributed by atoms with Crippen LogP contribution in [-0.2, 0) is 14.8 Å². The second kappa shape index (κ2) is 10.2. The molecule has 1 aromatic rings. The van der Waals surface area contributed by atoms with Crippen molar-refractivity contribution in [3.63, 3.8) is 0 Å². The molecule has 2 rings (SSSR count). The van der Waals surface area contributed by atoms with Gasteiger partial charge >= 0.3 is 0 Å². The molecule has 1 aliphatic heterocycles. The Kier molecular flexibility index (Phi) is 8.21. The van der Waals surface area contributed by atoms with E-state index >= 15 is 0 Å². The van der Waals surface area contributed by atoms with E-state index in [1.54, 1.807) is 12.1 Å². The third-order valence-electron chi connectivity index (χ3n) is 4.85. The Bertz CT molecular complexity index is 724. The van der Waals surface area contributed by atoms with Crippen LogP contribution in [0.5, 0.6) is 0 Å². The molecule has 1 aromatic heterocycles. The van der Waals surface area contributed by atoms with Crippen LogP contribution in [0.15, 0.2) is 23.2 Å². The Morgan fingerprint density at radius 3 is 2.29 bits per heavy atom. The van der Waals surface area contributed by atoms with Crippen LogP contribution in [0.25, 0.3) is 0 Å². The zero-order chi connectivity index (χ0) is 20.7. The number of aromatic nitrogens is 1. The van der Waals surface area contributed by atoms with Crippen LogP contribution in [0.4, 0.5) is 5.82 Å². The minimum Gasteiger partial charge on any atom is -0.354 e. The molecule has 0 aliphatic carbocycles. The van der Waals surface area contributed by atoms with Crippen molar-refractivity contribution < 1.29 is 13.2 Å². The largest absolute Gasteiger partial charge is 0.354 e. The van der Waals surface area contributed by atoms with Crippen LogP contribution >= 0.6 is 0 Å². The molecular weight excluding hydrogens is 378 g/mol. The summed E-state index contributed by atoms with van der Waals surface area (Å²) in [7, 11) is -3.55. The van der Waals surface area contributed by atoms with Gasteiger partial charge in [-0.25, -0.2) is 18.1 Å². The fourth-order valence-electron chi connectivity index (χ4n) is 3.17. The van der Waals surface area contributed by atoms with E-state index in [4.69, 9.17) is 0 Å². The Hall–Kier alpha value is -1.71. The summed E-state index contributed by atoms with van der Waals surface area (Å²) in [5.74, 6) is 0.800. The standard InChI is InChI=1S/C19H33N5O3S/c1-5-16(6-2)22-28(26,27)17-7-8-18(20-13-17)24-11-9-23(10-12-24)14-19(25)21-15(3)4/h7-8,13,15-16,22H,5-6,9-12,14H2,1-4H3,(H,21,25). The monoisotopic (exact) mass is 411 g/mol. The van der Waals surface area contributed by atoms with Crippen molar-refractivity contribution >= 4 is 21.7 Å². The van der Waals surface area contributed by atoms with E-state index in [0.29, 0.717) is 6.54 Å². The molecule has 2 heterocycles. The van der Waals surface area contributed by atoms with Crippen LogP contribution < -0.4 is 14.9 Å². The number of sulfonamides is 1. The van der Waals surface area contributed by atoms with E-state index in [-0.39, 0.29) is 22.9 Å². The van der Waals surface area contributed by atoms with Crippen LogP contribution in [0.1, 0.15) is 40.5 Å². The second-order valence-corrected chi connectivity index (χ2v) is 9.19. The predicted octanol–water partition coefficient (Wildman–Crippen LogP) is 1.20. The first kappa shape index (κ1) is 22.6. The number of piperazine rings is 1. The lowest BCUT2D eigenvalue weighted by Crippen LogP contribution is -2.50. The van der Waals surface area contributed by atoms with Crippen LogP contribution in [-0.4, -0.2) is 69.0 Å². The summed E-state index contributed by atoms with van der Waals surface area (Å²) < 4.78 is 27.6. The molecular formula is C19H33N5O3S. The maximum atomic E-state index is 12.5. The molecule has 0 atom stereocenters. The van der Waals surface area contributed by atoms with Crippen molar-refractivity contribution in [2.24, 2.45) is 0 Å². The van der Waals surface area contributed by atoms with Gasteiger partial charge in [-0.3, -0.25) is 9.69 Å². The molecule has 0 saturated carbocycles. The summed E-state index contributed by atoms with van der Waals surface area (Å²) in [6, 6.07) is 3.44. The number of carbonyl (C=O) groups excluding carboxylic acids is 1. The molecule has 1 fully saturated rings. The van der Waals surface area contributed by atoms with E-state index in [1.807, 2.05) is 27.7 Å². The van der Waals surface area contributed by atoms with Crippen molar-refractivity contribution in [3.05, 3.63) is 18.3 Å². The normalized spacial score (nSPS) is 16.0. The molecule has 0 radical (unpaired) electrons. The molecule has 8 nitrogen and oxygen atoms in total. The lowest BCUT2D eigenvalue weighted by molar-refractivity contribution is -0.122. The van der Waals surface area contributed by atoms with Gasteiger partial charge in [0, 0.05) is 44.5 Å². The minimum absolute atomic E-state index is 0.0427. The van der Waals surface area contributed by atoms with Crippen LogP contribution in [0.3, 0.4) is 0 Å². The van der Waals surface area contributed by atoms with Gasteiger partial charge in [-0.15, -0.1) is 0 Å². The van der Waals surface area contributed by atoms with Gasteiger partial charge in [0.2, 0.25) is 15.9 Å². The molecule has 1 amide bonds. The van der Waals surface area contributed by atoms with E-state index < -0.39 is 10.0 Å². The summed E-state index contributed by atoms with van der Waals surface area (Å²) in [4.78, 5) is 20.7. The third kappa shape index (κ3) is 6.42. The Labute approximate surface area is 168 Å². The highest BCUT2D eigenvalue weighted by atomic mass is 32.2. The predicted molar refractivity (Wildman–Crippen MR) is 111 cm³/mol. The minimum atomic E-state index is -3.55. The first-order valence-electron chi connectivity index (χ1n) is 10.00. The second-order valence-electron chi connectivity index (χ2n) is 7.47. The summed E-state index contributed by atoms with van der Waals surface area (Å²) in [6.45, 7) is 11.3. The number of pyridine rings is 1. The van der Waals surface area contributed by atoms with E-state index in [1.165, 1.54) is 6.20 Å². The molecule has 1 aliphatic rings. The first-order chi connectivity index (χ1) is 13.2. The number of amides is 1. The van der Waals surface area contributed by atoms with Gasteiger partial charge < -0.3 is 10.2 Å². The van der Waals surface area contributed by atoms with Crippen molar-refractivity contribution in [2.75, 3.05) is 37.6 Å². The van der Waals surface area contributed by atoms with Gasteiger partial charge in [0.05, 0.1) is 6.54 Å². The number of carbonyl (C=O) groups is 1. The van der Waals surface area contributed by atoms with Gasteiger partial charge in [0.25, 0.3) is 0 Å². The number of anilines is 1. The maximum Gasteiger partial charge on any atom is 0.242 e. The van der Waals surface area contributed by atoms with Gasteiger partial charge in [0.15, 0.2) is 0 Å². The SMILES string of the molecule is CCC(CC)NS(=O)(=O)c1ccc(N2CCN(CC(=O)NC(C)C)CC2)nc1. The van der Waals surface area contributed by atoms with Crippen molar-refractivity contribution in [1.82, 2.24) is 19.9 Å². The van der Waals surface area contributed by atoms with Gasteiger partial charge in [-0.05, 0) is 38.8 Å². The molecule has 9 heteroatoms. The summed E-state index contributed by atoms with van der Waals surface area (Å²) in [6.07, 6.45) is 2.92. The van der Waals surface area contributed by atoms with E-state index in [9.17, 15) is 13.2 Å². The number of nitrogens with one attached hydrogen (secondary N) is 2. The molecule has 1 saturated heterocycles.